The van der Waals surface area contributed by atoms with Crippen molar-refractivity contribution in [1.29, 1.82) is 0 Å². The van der Waals surface area contributed by atoms with Gasteiger partial charge < -0.3 is 9.88 Å². The number of hydrogen-bond acceptors (Lipinski definition) is 4. The van der Waals surface area contributed by atoms with Crippen LogP contribution in [0.1, 0.15) is 58.9 Å². The molecule has 1 amide bonds. The minimum atomic E-state index is -0.294. The molecule has 7 nitrogen and oxygen atoms in total. The van der Waals surface area contributed by atoms with Gasteiger partial charge in [-0.1, -0.05) is 24.4 Å². The maximum Gasteiger partial charge on any atom is 0.294 e. The number of nitrogens with one attached hydrogen (secondary N) is 1. The van der Waals surface area contributed by atoms with Crippen molar-refractivity contribution in [2.75, 3.05) is 11.4 Å². The highest BCUT2D eigenvalue weighted by molar-refractivity contribution is 6.30. The monoisotopic (exact) mass is 483 g/mol. The molecule has 0 bridgehead atoms. The number of halogens is 2. The third-order valence-electron chi connectivity index (χ3n) is 6.86. The van der Waals surface area contributed by atoms with Crippen LogP contribution in [0.5, 0.6) is 0 Å². The number of fused-ring (bicyclic) bond motifs is 4. The highest BCUT2D eigenvalue weighted by atomic mass is 35.5. The number of carbonyl (C=O) groups is 1. The molecular formula is C24H23Cl2N5O2. The number of rotatable bonds is 2. The van der Waals surface area contributed by atoms with Crippen LogP contribution in [-0.4, -0.2) is 32.0 Å². The van der Waals surface area contributed by atoms with Gasteiger partial charge in [0.05, 0.1) is 11.0 Å². The molecule has 1 N–H and O–H groups in total. The van der Waals surface area contributed by atoms with Gasteiger partial charge in [-0.05, 0) is 67.6 Å². The average molecular weight is 484 g/mol. The Morgan fingerprint density at radius 3 is 2.73 bits per heavy atom. The van der Waals surface area contributed by atoms with Gasteiger partial charge in [-0.15, -0.1) is 22.6 Å². The number of H-pyrrole nitrogens is 1. The molecule has 1 fully saturated rings. The number of aromatic amines is 1. The molecule has 4 aromatic rings. The quantitative estimate of drug-likeness (QED) is 0.443. The van der Waals surface area contributed by atoms with Crippen LogP contribution in [0.25, 0.3) is 16.7 Å². The van der Waals surface area contributed by atoms with Gasteiger partial charge >= 0.3 is 0 Å². The Hall–Kier alpha value is -2.90. The zero-order chi connectivity index (χ0) is 22.0. The minimum absolute atomic E-state index is 0. The first-order chi connectivity index (χ1) is 15.5. The lowest BCUT2D eigenvalue weighted by Crippen LogP contribution is -2.29. The molecule has 0 unspecified atom stereocenters. The number of carbonyl (C=O) groups excluding carboxylic acids is 1. The third kappa shape index (κ3) is 3.42. The molecule has 0 saturated heterocycles. The number of amides is 1. The van der Waals surface area contributed by atoms with E-state index in [4.69, 9.17) is 11.6 Å². The predicted molar refractivity (Wildman–Crippen MR) is 131 cm³/mol. The molecule has 2 aliphatic rings. The summed E-state index contributed by atoms with van der Waals surface area (Å²) >= 11 is 6.12. The smallest absolute Gasteiger partial charge is 0.294 e. The topological polar surface area (TPSA) is 83.4 Å². The third-order valence-corrected chi connectivity index (χ3v) is 7.09. The molecule has 2 aromatic carbocycles. The molecule has 1 aliphatic heterocycles. The van der Waals surface area contributed by atoms with Crippen molar-refractivity contribution in [2.45, 2.75) is 44.9 Å². The summed E-state index contributed by atoms with van der Waals surface area (Å²) < 4.78 is 1.89. The van der Waals surface area contributed by atoms with Crippen molar-refractivity contribution in [3.63, 3.8) is 0 Å². The van der Waals surface area contributed by atoms with E-state index in [0.717, 1.165) is 47.4 Å². The molecule has 0 radical (unpaired) electrons. The van der Waals surface area contributed by atoms with E-state index in [-0.39, 0.29) is 23.9 Å². The molecule has 0 spiro atoms. The molecule has 0 atom stereocenters. The van der Waals surface area contributed by atoms with Crippen molar-refractivity contribution >= 4 is 52.3 Å². The number of aryl methyl sites for hydroxylation is 1. The summed E-state index contributed by atoms with van der Waals surface area (Å²) in [5, 5.41) is 9.23. The number of aromatic nitrogens is 4. The Morgan fingerprint density at radius 2 is 1.94 bits per heavy atom. The van der Waals surface area contributed by atoms with Crippen molar-refractivity contribution in [1.82, 2.24) is 19.6 Å². The van der Waals surface area contributed by atoms with E-state index in [9.17, 15) is 9.59 Å². The van der Waals surface area contributed by atoms with Gasteiger partial charge in [0.1, 0.15) is 5.82 Å². The van der Waals surface area contributed by atoms with E-state index in [0.29, 0.717) is 34.2 Å². The van der Waals surface area contributed by atoms with Crippen molar-refractivity contribution in [3.8, 4) is 0 Å². The van der Waals surface area contributed by atoms with E-state index in [2.05, 4.69) is 15.2 Å². The van der Waals surface area contributed by atoms with Crippen molar-refractivity contribution in [3.05, 3.63) is 68.2 Å². The summed E-state index contributed by atoms with van der Waals surface area (Å²) in [6, 6.07) is 9.38. The summed E-state index contributed by atoms with van der Waals surface area (Å²) in [5.74, 6) is 1.08. The first kappa shape index (κ1) is 21.9. The molecule has 170 valence electrons. The van der Waals surface area contributed by atoms with Crippen LogP contribution >= 0.6 is 24.0 Å². The molecule has 3 heterocycles. The van der Waals surface area contributed by atoms with Crippen molar-refractivity contribution in [2.24, 2.45) is 0 Å². The molecule has 33 heavy (non-hydrogen) atoms. The Morgan fingerprint density at radius 1 is 1.15 bits per heavy atom. The fourth-order valence-electron chi connectivity index (χ4n) is 5.24. The van der Waals surface area contributed by atoms with E-state index in [1.807, 2.05) is 35.6 Å². The SMILES string of the molecule is Cc1cc2c(cc1C(=O)N1CCc3cc(Cl)ccc31)[nH]c(=O)c1nnc(C3CCCC3)n12.Cl. The number of hydrogen-bond donors (Lipinski definition) is 1. The number of anilines is 1. The Bertz CT molecular complexity index is 1470. The van der Waals surface area contributed by atoms with Gasteiger partial charge in [0.15, 0.2) is 0 Å². The summed E-state index contributed by atoms with van der Waals surface area (Å²) in [6.45, 7) is 2.54. The van der Waals surface area contributed by atoms with E-state index in [1.54, 1.807) is 11.0 Å². The van der Waals surface area contributed by atoms with Gasteiger partial charge in [0.2, 0.25) is 5.65 Å². The van der Waals surface area contributed by atoms with Crippen LogP contribution in [0.3, 0.4) is 0 Å². The molecule has 6 rings (SSSR count). The summed E-state index contributed by atoms with van der Waals surface area (Å²) in [4.78, 5) is 31.0. The van der Waals surface area contributed by atoms with Gasteiger partial charge in [-0.2, -0.15) is 0 Å². The van der Waals surface area contributed by atoms with Crippen LogP contribution in [0.4, 0.5) is 5.69 Å². The van der Waals surface area contributed by atoms with Crippen LogP contribution in [0.15, 0.2) is 35.1 Å². The standard InChI is InChI=1S/C24H22ClN5O2.ClH/c1-13-10-20-18(26-23(31)22-28-27-21(30(20)22)14-4-2-3-5-14)12-17(13)24(32)29-9-8-15-11-16(25)6-7-19(15)29;/h6-7,10-12,14H,2-5,8-9H2,1H3,(H,26,31);1H. The zero-order valence-corrected chi connectivity index (χ0v) is 19.7. The lowest BCUT2D eigenvalue weighted by atomic mass is 10.0. The van der Waals surface area contributed by atoms with Gasteiger partial charge in [0, 0.05) is 28.7 Å². The highest BCUT2D eigenvalue weighted by Gasteiger charge is 2.28. The second-order valence-electron chi connectivity index (χ2n) is 8.82. The summed E-state index contributed by atoms with van der Waals surface area (Å²) in [5.41, 5.74) is 4.85. The maximum absolute atomic E-state index is 13.5. The predicted octanol–water partition coefficient (Wildman–Crippen LogP) is 4.81. The van der Waals surface area contributed by atoms with Crippen molar-refractivity contribution < 1.29 is 4.79 Å². The molecule has 1 aliphatic carbocycles. The van der Waals surface area contributed by atoms with E-state index in [1.165, 1.54) is 12.8 Å². The van der Waals surface area contributed by atoms with Gasteiger partial charge in [-0.25, -0.2) is 0 Å². The molecule has 9 heteroatoms. The van der Waals surface area contributed by atoms with Gasteiger partial charge in [-0.3, -0.25) is 14.0 Å². The van der Waals surface area contributed by atoms with Crippen LogP contribution in [-0.2, 0) is 6.42 Å². The fourth-order valence-corrected chi connectivity index (χ4v) is 5.44. The Kier molecular flexibility index (Phi) is 5.41. The molecular weight excluding hydrogens is 461 g/mol. The van der Waals surface area contributed by atoms with E-state index >= 15 is 0 Å². The molecule has 2 aromatic heterocycles. The number of benzene rings is 2. The normalized spacial score (nSPS) is 15.9. The average Bonchev–Trinajstić information content (AvgIpc) is 3.52. The van der Waals surface area contributed by atoms with Crippen LogP contribution in [0, 0.1) is 6.92 Å². The largest absolute Gasteiger partial charge is 0.317 e. The van der Waals surface area contributed by atoms with E-state index < -0.39 is 0 Å². The summed E-state index contributed by atoms with van der Waals surface area (Å²) in [7, 11) is 0. The van der Waals surface area contributed by atoms with Gasteiger partial charge in [0.25, 0.3) is 11.5 Å². The summed E-state index contributed by atoms with van der Waals surface area (Å²) in [6.07, 6.45) is 5.23. The highest BCUT2D eigenvalue weighted by Crippen LogP contribution is 2.35. The second kappa shape index (κ2) is 8.15. The lowest BCUT2D eigenvalue weighted by Gasteiger charge is -2.19. The Balaban J connectivity index is 0.00000228. The first-order valence-corrected chi connectivity index (χ1v) is 11.4. The first-order valence-electron chi connectivity index (χ1n) is 11.0. The second-order valence-corrected chi connectivity index (χ2v) is 9.25. The lowest BCUT2D eigenvalue weighted by molar-refractivity contribution is 0.0989. The van der Waals surface area contributed by atoms with Crippen LogP contribution < -0.4 is 10.5 Å². The zero-order valence-electron chi connectivity index (χ0n) is 18.1. The molecule has 1 saturated carbocycles. The minimum Gasteiger partial charge on any atom is -0.317 e. The van der Waals surface area contributed by atoms with Crippen LogP contribution in [0.2, 0.25) is 5.02 Å². The Labute approximate surface area is 201 Å². The fraction of sp³-hybridized carbons (Fsp3) is 0.333. The number of nitrogens with zero attached hydrogens (tertiary/aromatic N) is 4. The maximum atomic E-state index is 13.5.